The highest BCUT2D eigenvalue weighted by atomic mass is 16.2. The number of piperidine rings is 1. The van der Waals surface area contributed by atoms with Crippen molar-refractivity contribution in [2.75, 3.05) is 13.1 Å². The van der Waals surface area contributed by atoms with Crippen LogP contribution in [0.3, 0.4) is 0 Å². The summed E-state index contributed by atoms with van der Waals surface area (Å²) in [6, 6.07) is 0. The van der Waals surface area contributed by atoms with Crippen molar-refractivity contribution in [1.82, 2.24) is 4.90 Å². The summed E-state index contributed by atoms with van der Waals surface area (Å²) in [7, 11) is 0. The molecule has 2 nitrogen and oxygen atoms in total. The number of hydrogen-bond donors (Lipinski definition) is 0. The fraction of sp³-hybridized carbons (Fsp3) is 0.588. The Kier molecular flexibility index (Phi) is 6.61. The summed E-state index contributed by atoms with van der Waals surface area (Å²) in [5.41, 5.74) is 0.781. The molecule has 1 aliphatic heterocycles. The molecule has 0 aromatic carbocycles. The van der Waals surface area contributed by atoms with Crippen LogP contribution in [0.2, 0.25) is 0 Å². The summed E-state index contributed by atoms with van der Waals surface area (Å²) >= 11 is 0. The number of carbonyl (C=O) groups excluding carboxylic acids is 1. The van der Waals surface area contributed by atoms with Gasteiger partial charge < -0.3 is 4.90 Å². The van der Waals surface area contributed by atoms with Gasteiger partial charge in [0.15, 0.2) is 0 Å². The van der Waals surface area contributed by atoms with Crippen LogP contribution in [0.5, 0.6) is 0 Å². The smallest absolute Gasteiger partial charge is 0.253 e. The fourth-order valence-electron chi connectivity index (χ4n) is 2.53. The first kappa shape index (κ1) is 15.7. The van der Waals surface area contributed by atoms with Gasteiger partial charge in [0.1, 0.15) is 0 Å². The highest BCUT2D eigenvalue weighted by molar-refractivity contribution is 5.96. The Morgan fingerprint density at radius 1 is 1.16 bits per heavy atom. The topological polar surface area (TPSA) is 20.3 Å². The number of hydrogen-bond acceptors (Lipinski definition) is 1. The number of carbonyl (C=O) groups is 1. The summed E-state index contributed by atoms with van der Waals surface area (Å²) in [6.45, 7) is 10.3. The van der Waals surface area contributed by atoms with E-state index in [2.05, 4.69) is 13.8 Å². The molecular weight excluding hydrogens is 234 g/mol. The van der Waals surface area contributed by atoms with Crippen molar-refractivity contribution in [3.8, 4) is 0 Å². The summed E-state index contributed by atoms with van der Waals surface area (Å²) in [5, 5.41) is 0. The van der Waals surface area contributed by atoms with Gasteiger partial charge in [-0.05, 0) is 44.6 Å². The van der Waals surface area contributed by atoms with E-state index in [0.29, 0.717) is 0 Å². The predicted octanol–water partition coefficient (Wildman–Crippen LogP) is 3.96. The first-order valence-electron chi connectivity index (χ1n) is 7.35. The molecule has 19 heavy (non-hydrogen) atoms. The van der Waals surface area contributed by atoms with Crippen LogP contribution in [0.15, 0.2) is 36.0 Å². The van der Waals surface area contributed by atoms with E-state index < -0.39 is 0 Å². The Hall–Kier alpha value is -1.31. The molecule has 0 aromatic rings. The van der Waals surface area contributed by atoms with Crippen molar-refractivity contribution in [3.63, 3.8) is 0 Å². The molecule has 0 unspecified atom stereocenters. The minimum absolute atomic E-state index is 0.165. The lowest BCUT2D eigenvalue weighted by molar-refractivity contribution is -0.128. The monoisotopic (exact) mass is 261 g/mol. The molecule has 1 amide bonds. The zero-order valence-corrected chi connectivity index (χ0v) is 12.7. The average molecular weight is 261 g/mol. The second-order valence-corrected chi connectivity index (χ2v) is 5.52. The van der Waals surface area contributed by atoms with E-state index in [9.17, 15) is 4.79 Å². The van der Waals surface area contributed by atoms with Crippen molar-refractivity contribution in [3.05, 3.63) is 36.0 Å². The Morgan fingerprint density at radius 2 is 1.79 bits per heavy atom. The second-order valence-electron chi connectivity index (χ2n) is 5.52. The second kappa shape index (κ2) is 7.98. The normalized spacial score (nSPS) is 19.0. The van der Waals surface area contributed by atoms with Crippen LogP contribution in [0.1, 0.15) is 40.5 Å². The summed E-state index contributed by atoms with van der Waals surface area (Å²) in [5.74, 6) is 1.66. The van der Waals surface area contributed by atoms with Crippen molar-refractivity contribution in [1.29, 1.82) is 0 Å². The molecule has 2 heteroatoms. The highest BCUT2D eigenvalue weighted by Crippen LogP contribution is 2.25. The average Bonchev–Trinajstić information content (AvgIpc) is 2.42. The Balaban J connectivity index is 2.67. The molecule has 0 saturated carbocycles. The van der Waals surface area contributed by atoms with Crippen LogP contribution in [-0.2, 0) is 4.79 Å². The maximum Gasteiger partial charge on any atom is 0.253 e. The van der Waals surface area contributed by atoms with Gasteiger partial charge in [0.05, 0.1) is 0 Å². The number of likely N-dealkylation sites (tertiary alicyclic amines) is 1. The van der Waals surface area contributed by atoms with E-state index in [1.807, 2.05) is 49.1 Å². The van der Waals surface area contributed by atoms with Gasteiger partial charge in [-0.2, -0.15) is 0 Å². The Morgan fingerprint density at radius 3 is 2.26 bits per heavy atom. The first-order chi connectivity index (χ1) is 9.10. The van der Waals surface area contributed by atoms with E-state index >= 15 is 0 Å². The van der Waals surface area contributed by atoms with Crippen LogP contribution in [0.25, 0.3) is 0 Å². The molecule has 0 radical (unpaired) electrons. The Labute approximate surface area is 117 Å². The minimum Gasteiger partial charge on any atom is -0.339 e. The van der Waals surface area contributed by atoms with Crippen molar-refractivity contribution in [2.24, 2.45) is 11.8 Å². The number of allylic oxidation sites excluding steroid dienone is 4. The van der Waals surface area contributed by atoms with E-state index in [1.54, 1.807) is 0 Å². The Bertz CT molecular complexity index is 369. The van der Waals surface area contributed by atoms with E-state index in [0.717, 1.165) is 43.3 Å². The third-order valence-corrected chi connectivity index (χ3v) is 3.83. The molecule has 0 aliphatic carbocycles. The largest absolute Gasteiger partial charge is 0.339 e. The number of nitrogens with zero attached hydrogens (tertiary/aromatic N) is 1. The molecule has 0 bridgehead atoms. The summed E-state index contributed by atoms with van der Waals surface area (Å²) in [6.07, 6.45) is 11.9. The van der Waals surface area contributed by atoms with Gasteiger partial charge in [0.2, 0.25) is 0 Å². The summed E-state index contributed by atoms with van der Waals surface area (Å²) < 4.78 is 0. The van der Waals surface area contributed by atoms with Crippen LogP contribution in [0, 0.1) is 11.8 Å². The zero-order chi connectivity index (χ0) is 14.3. The maximum absolute atomic E-state index is 12.4. The molecule has 106 valence electrons. The van der Waals surface area contributed by atoms with Crippen LogP contribution in [0.4, 0.5) is 0 Å². The van der Waals surface area contributed by atoms with Gasteiger partial charge in [-0.3, -0.25) is 4.79 Å². The van der Waals surface area contributed by atoms with Gasteiger partial charge in [-0.25, -0.2) is 0 Å². The molecular formula is C17H27NO. The van der Waals surface area contributed by atoms with Gasteiger partial charge in [0.25, 0.3) is 5.91 Å². The summed E-state index contributed by atoms with van der Waals surface area (Å²) in [4.78, 5) is 14.4. The fourth-order valence-corrected chi connectivity index (χ4v) is 2.53. The third kappa shape index (κ3) is 4.70. The molecule has 0 aromatic heterocycles. The molecule has 1 heterocycles. The third-order valence-electron chi connectivity index (χ3n) is 3.83. The highest BCUT2D eigenvalue weighted by Gasteiger charge is 2.25. The molecule has 1 aliphatic rings. The van der Waals surface area contributed by atoms with E-state index in [1.165, 1.54) is 0 Å². The quantitative estimate of drug-likeness (QED) is 0.554. The zero-order valence-electron chi connectivity index (χ0n) is 12.7. The SMILES string of the molecule is C\C=C/C=C(\C=C/C)C(=O)N1CCC(C(C)C)CC1. The lowest BCUT2D eigenvalue weighted by atomic mass is 9.86. The van der Waals surface area contributed by atoms with Crippen LogP contribution in [-0.4, -0.2) is 23.9 Å². The van der Waals surface area contributed by atoms with Crippen molar-refractivity contribution >= 4 is 5.91 Å². The minimum atomic E-state index is 0.165. The molecule has 0 N–H and O–H groups in total. The molecule has 1 saturated heterocycles. The number of amides is 1. The lowest BCUT2D eigenvalue weighted by Gasteiger charge is -2.34. The molecule has 1 fully saturated rings. The van der Waals surface area contributed by atoms with Crippen molar-refractivity contribution < 1.29 is 4.79 Å². The lowest BCUT2D eigenvalue weighted by Crippen LogP contribution is -2.40. The van der Waals surface area contributed by atoms with Gasteiger partial charge in [-0.1, -0.05) is 38.2 Å². The van der Waals surface area contributed by atoms with Crippen molar-refractivity contribution in [2.45, 2.75) is 40.5 Å². The van der Waals surface area contributed by atoms with Gasteiger partial charge >= 0.3 is 0 Å². The molecule has 0 atom stereocenters. The number of rotatable bonds is 4. The molecule has 0 spiro atoms. The van der Waals surface area contributed by atoms with Gasteiger partial charge in [-0.15, -0.1) is 0 Å². The molecule has 1 rings (SSSR count). The van der Waals surface area contributed by atoms with E-state index in [4.69, 9.17) is 0 Å². The van der Waals surface area contributed by atoms with E-state index in [-0.39, 0.29) is 5.91 Å². The van der Waals surface area contributed by atoms with Gasteiger partial charge in [0, 0.05) is 18.7 Å². The predicted molar refractivity (Wildman–Crippen MR) is 81.9 cm³/mol. The van der Waals surface area contributed by atoms with Crippen LogP contribution >= 0.6 is 0 Å². The standard InChI is InChI=1S/C17H27NO/c1-5-7-9-16(8-6-2)17(19)18-12-10-15(11-13-18)14(3)4/h5-9,14-15H,10-13H2,1-4H3/b7-5-,8-6-,16-9+. The first-order valence-corrected chi connectivity index (χ1v) is 7.35. The maximum atomic E-state index is 12.4. The van der Waals surface area contributed by atoms with Crippen LogP contribution < -0.4 is 0 Å².